The van der Waals surface area contributed by atoms with E-state index in [1.165, 1.54) is 405 Å². The molecule has 1 saturated heterocycles. The normalized spacial score (nSPS) is 17.5. The van der Waals surface area contributed by atoms with Crippen LogP contribution in [0.25, 0.3) is 0 Å². The first-order valence-corrected chi connectivity index (χ1v) is 42.2. The van der Waals surface area contributed by atoms with Gasteiger partial charge in [0.1, 0.15) is 24.4 Å². The van der Waals surface area contributed by atoms with E-state index in [1.54, 1.807) is 0 Å². The maximum atomic E-state index is 13.2. The predicted molar refractivity (Wildman–Crippen MR) is 397 cm³/mol. The minimum absolute atomic E-state index is 0.130. The van der Waals surface area contributed by atoms with Crippen molar-refractivity contribution in [3.63, 3.8) is 0 Å². The number of aliphatic hydroxyl groups is 5. The molecule has 0 aromatic carbocycles. The molecule has 9 heteroatoms. The molecule has 1 amide bonds. The van der Waals surface area contributed by atoms with E-state index in [0.29, 0.717) is 12.8 Å². The highest BCUT2D eigenvalue weighted by Gasteiger charge is 2.44. The molecular weight excluding hydrogens is 1140 g/mol. The fraction of sp³-hybridized carbons (Fsp3) is 0.988. The van der Waals surface area contributed by atoms with E-state index >= 15 is 0 Å². The van der Waals surface area contributed by atoms with Crippen LogP contribution < -0.4 is 5.32 Å². The summed E-state index contributed by atoms with van der Waals surface area (Å²) in [6.07, 6.45) is 88.2. The molecule has 0 saturated carbocycles. The maximum Gasteiger partial charge on any atom is 0.220 e. The summed E-state index contributed by atoms with van der Waals surface area (Å²) in [7, 11) is 0. The minimum Gasteiger partial charge on any atom is -0.394 e. The average molecular weight is 1310 g/mol. The minimum atomic E-state index is -1.55. The first kappa shape index (κ1) is 89.2. The molecule has 0 radical (unpaired) electrons. The molecule has 550 valence electrons. The van der Waals surface area contributed by atoms with Gasteiger partial charge in [0, 0.05) is 6.42 Å². The van der Waals surface area contributed by atoms with Crippen molar-refractivity contribution in [3.05, 3.63) is 0 Å². The van der Waals surface area contributed by atoms with Crippen molar-refractivity contribution in [2.24, 2.45) is 0 Å². The second-order valence-electron chi connectivity index (χ2n) is 30.0. The van der Waals surface area contributed by atoms with Crippen LogP contribution >= 0.6 is 0 Å². The van der Waals surface area contributed by atoms with E-state index in [-0.39, 0.29) is 12.5 Å². The van der Waals surface area contributed by atoms with Gasteiger partial charge in [-0.2, -0.15) is 0 Å². The van der Waals surface area contributed by atoms with Crippen molar-refractivity contribution >= 4 is 5.91 Å². The van der Waals surface area contributed by atoms with E-state index in [1.807, 2.05) is 0 Å². The van der Waals surface area contributed by atoms with Gasteiger partial charge in [-0.1, -0.05) is 450 Å². The largest absolute Gasteiger partial charge is 0.394 e. The Labute approximate surface area is 574 Å². The summed E-state index contributed by atoms with van der Waals surface area (Å²) in [6, 6.07) is -0.717. The van der Waals surface area contributed by atoms with Gasteiger partial charge in [0.2, 0.25) is 5.91 Å². The number of hydrogen-bond acceptors (Lipinski definition) is 8. The summed E-state index contributed by atoms with van der Waals surface area (Å²) in [4.78, 5) is 13.2. The Morgan fingerprint density at radius 1 is 0.326 bits per heavy atom. The van der Waals surface area contributed by atoms with E-state index in [4.69, 9.17) is 9.47 Å². The van der Waals surface area contributed by atoms with Crippen LogP contribution in [0.3, 0.4) is 0 Å². The molecule has 0 bridgehead atoms. The van der Waals surface area contributed by atoms with Crippen molar-refractivity contribution in [2.75, 3.05) is 13.2 Å². The standard InChI is InChI=1S/C83H165NO8/c1-3-5-7-9-11-13-15-17-19-21-23-25-27-29-31-33-35-37-38-39-40-41-43-45-47-49-51-53-55-57-59-61-63-65-67-69-71-73-79(87)84-76(75-91-83-82(90)81(89)80(88)78(74-85)92-83)77(86)72-70-68-66-64-62-60-58-56-54-52-50-48-46-44-42-36-34-32-30-28-26-24-22-20-18-16-14-12-10-8-6-4-2/h76-78,80-83,85-86,88-90H,3-75H2,1-2H3,(H,84,87). The van der Waals surface area contributed by atoms with Gasteiger partial charge in [-0.3, -0.25) is 4.79 Å². The molecule has 1 fully saturated rings. The molecule has 0 spiro atoms. The van der Waals surface area contributed by atoms with Crippen molar-refractivity contribution in [1.82, 2.24) is 5.32 Å². The Morgan fingerprint density at radius 2 is 0.543 bits per heavy atom. The molecule has 7 unspecified atom stereocenters. The lowest BCUT2D eigenvalue weighted by atomic mass is 9.99. The maximum absolute atomic E-state index is 13.2. The van der Waals surface area contributed by atoms with Crippen molar-refractivity contribution in [2.45, 2.75) is 513 Å². The highest BCUT2D eigenvalue weighted by molar-refractivity contribution is 5.76. The zero-order valence-electron chi connectivity index (χ0n) is 62.1. The van der Waals surface area contributed by atoms with Gasteiger partial charge in [0.15, 0.2) is 6.29 Å². The lowest BCUT2D eigenvalue weighted by Crippen LogP contribution is -2.60. The van der Waals surface area contributed by atoms with E-state index in [9.17, 15) is 30.3 Å². The van der Waals surface area contributed by atoms with Gasteiger partial charge in [-0.05, 0) is 12.8 Å². The third-order valence-corrected chi connectivity index (χ3v) is 21.0. The van der Waals surface area contributed by atoms with Gasteiger partial charge < -0.3 is 40.3 Å². The van der Waals surface area contributed by atoms with Crippen LogP contribution in [0.2, 0.25) is 0 Å². The van der Waals surface area contributed by atoms with Crippen LogP contribution in [0.1, 0.15) is 470 Å². The Bertz CT molecular complexity index is 1420. The second-order valence-corrected chi connectivity index (χ2v) is 30.0. The number of amides is 1. The van der Waals surface area contributed by atoms with E-state index in [0.717, 1.165) is 38.5 Å². The number of hydrogen-bond donors (Lipinski definition) is 6. The Hall–Kier alpha value is -0.810. The van der Waals surface area contributed by atoms with Gasteiger partial charge in [0.05, 0.1) is 25.4 Å². The second kappa shape index (κ2) is 72.9. The summed E-state index contributed by atoms with van der Waals surface area (Å²) < 4.78 is 11.4. The van der Waals surface area contributed by atoms with Crippen molar-refractivity contribution in [1.29, 1.82) is 0 Å². The molecule has 1 aliphatic heterocycles. The van der Waals surface area contributed by atoms with Crippen LogP contribution in [-0.4, -0.2) is 87.5 Å². The van der Waals surface area contributed by atoms with Crippen LogP contribution in [-0.2, 0) is 14.3 Å². The lowest BCUT2D eigenvalue weighted by Gasteiger charge is -2.40. The molecule has 6 N–H and O–H groups in total. The molecule has 1 aliphatic rings. The third kappa shape index (κ3) is 60.4. The molecule has 1 rings (SSSR count). The van der Waals surface area contributed by atoms with Gasteiger partial charge in [0.25, 0.3) is 0 Å². The zero-order valence-corrected chi connectivity index (χ0v) is 62.1. The number of carbonyl (C=O) groups is 1. The van der Waals surface area contributed by atoms with E-state index < -0.39 is 49.5 Å². The number of aliphatic hydroxyl groups excluding tert-OH is 5. The third-order valence-electron chi connectivity index (χ3n) is 21.0. The van der Waals surface area contributed by atoms with Gasteiger partial charge in [-0.25, -0.2) is 0 Å². The quantitative estimate of drug-likeness (QED) is 0.0330. The van der Waals surface area contributed by atoms with Crippen LogP contribution in [0.15, 0.2) is 0 Å². The highest BCUT2D eigenvalue weighted by Crippen LogP contribution is 2.25. The van der Waals surface area contributed by atoms with Gasteiger partial charge in [-0.15, -0.1) is 0 Å². The smallest absolute Gasteiger partial charge is 0.220 e. The molecule has 0 aromatic heterocycles. The zero-order chi connectivity index (χ0) is 66.4. The fourth-order valence-electron chi connectivity index (χ4n) is 14.4. The highest BCUT2D eigenvalue weighted by atomic mass is 16.7. The van der Waals surface area contributed by atoms with Gasteiger partial charge >= 0.3 is 0 Å². The fourth-order valence-corrected chi connectivity index (χ4v) is 14.4. The lowest BCUT2D eigenvalue weighted by molar-refractivity contribution is -0.302. The summed E-state index contributed by atoms with van der Waals surface area (Å²) in [5.41, 5.74) is 0. The number of ether oxygens (including phenoxy) is 2. The molecule has 0 aliphatic carbocycles. The van der Waals surface area contributed by atoms with Crippen molar-refractivity contribution < 1.29 is 39.8 Å². The molecular formula is C83H165NO8. The summed E-state index contributed by atoms with van der Waals surface area (Å²) in [5.74, 6) is -0.131. The van der Waals surface area contributed by atoms with Crippen molar-refractivity contribution in [3.8, 4) is 0 Å². The van der Waals surface area contributed by atoms with Crippen LogP contribution in [0.5, 0.6) is 0 Å². The number of rotatable bonds is 77. The Balaban J connectivity index is 2.01. The van der Waals surface area contributed by atoms with Crippen LogP contribution in [0.4, 0.5) is 0 Å². The molecule has 0 aromatic rings. The monoisotopic (exact) mass is 1300 g/mol. The SMILES string of the molecule is CCCCCCCCCCCCCCCCCCCCCCCCCCCCCCCCCCCCCCCC(=O)NC(COC1OC(CO)C(O)C(O)C1O)C(O)CCCCCCCCCCCCCCCCCCCCCCCCCCCCCCCCCC. The number of nitrogens with one attached hydrogen (secondary N) is 1. The average Bonchev–Trinajstić information content (AvgIpc) is 1.00. The molecule has 1 heterocycles. The molecule has 7 atom stereocenters. The number of unbranched alkanes of at least 4 members (excludes halogenated alkanes) is 67. The Kier molecular flexibility index (Phi) is 70.7. The summed E-state index contributed by atoms with van der Waals surface area (Å²) in [6.45, 7) is 3.93. The topological polar surface area (TPSA) is 149 Å². The molecule has 92 heavy (non-hydrogen) atoms. The summed E-state index contributed by atoms with van der Waals surface area (Å²) in [5, 5.41) is 55.1. The van der Waals surface area contributed by atoms with E-state index in [2.05, 4.69) is 19.2 Å². The Morgan fingerprint density at radius 3 is 0.772 bits per heavy atom. The number of carbonyl (C=O) groups excluding carboxylic acids is 1. The molecule has 9 nitrogen and oxygen atoms in total. The first-order valence-electron chi connectivity index (χ1n) is 42.2. The first-order chi connectivity index (χ1) is 45.3. The van der Waals surface area contributed by atoms with Crippen LogP contribution in [0, 0.1) is 0 Å². The summed E-state index contributed by atoms with van der Waals surface area (Å²) >= 11 is 0. The predicted octanol–water partition coefficient (Wildman–Crippen LogP) is 24.4.